The first-order valence-electron chi connectivity index (χ1n) is 14.9. The molecule has 1 unspecified atom stereocenters. The molecule has 232 valence electrons. The van der Waals surface area contributed by atoms with Crippen molar-refractivity contribution in [3.63, 3.8) is 0 Å². The highest BCUT2D eigenvalue weighted by Crippen LogP contribution is 2.34. The minimum absolute atomic E-state index is 0.0566. The Kier molecular flexibility index (Phi) is 11.1. The second kappa shape index (κ2) is 14.1. The maximum atomic E-state index is 15.8. The number of likely N-dealkylation sites (N-methyl/N-ethyl adjacent to an activating group) is 1. The van der Waals surface area contributed by atoms with Crippen molar-refractivity contribution >= 4 is 11.9 Å². The van der Waals surface area contributed by atoms with E-state index in [1.165, 1.54) is 4.57 Å². The van der Waals surface area contributed by atoms with E-state index in [9.17, 15) is 19.5 Å². The minimum atomic E-state index is -1.17. The van der Waals surface area contributed by atoms with Crippen molar-refractivity contribution in [3.8, 4) is 11.1 Å². The van der Waals surface area contributed by atoms with Gasteiger partial charge in [0, 0.05) is 23.9 Å². The summed E-state index contributed by atoms with van der Waals surface area (Å²) in [6.07, 6.45) is 2.26. The van der Waals surface area contributed by atoms with E-state index < -0.39 is 36.2 Å². The second-order valence-corrected chi connectivity index (χ2v) is 12.6. The number of aryl methyl sites for hydroxylation is 5. The molecule has 0 aliphatic rings. The topological polar surface area (TPSA) is 91.6 Å². The van der Waals surface area contributed by atoms with Crippen LogP contribution in [0.2, 0.25) is 0 Å². The van der Waals surface area contributed by atoms with Gasteiger partial charge in [0.1, 0.15) is 11.9 Å². The van der Waals surface area contributed by atoms with Crippen molar-refractivity contribution in [1.82, 2.24) is 14.8 Å². The zero-order valence-corrected chi connectivity index (χ0v) is 27.0. The van der Waals surface area contributed by atoms with Crippen LogP contribution in [0.5, 0.6) is 0 Å². The molecule has 3 rings (SSSR count). The molecule has 7 nitrogen and oxygen atoms in total. The van der Waals surface area contributed by atoms with Crippen LogP contribution >= 0.6 is 0 Å². The number of nitrogens with zero attached hydrogens (tertiary/aromatic N) is 2. The normalized spacial score (nSPS) is 12.9. The van der Waals surface area contributed by atoms with E-state index in [4.69, 9.17) is 0 Å². The van der Waals surface area contributed by atoms with Gasteiger partial charge < -0.3 is 19.9 Å². The maximum Gasteiger partial charge on any atom is 0.305 e. The molecular weight excluding hydrogens is 545 g/mol. The molecular formula is C35H46FN3O4. The molecule has 1 amide bonds. The molecule has 0 spiro atoms. The third-order valence-corrected chi connectivity index (χ3v) is 7.78. The van der Waals surface area contributed by atoms with Crippen LogP contribution in [0.1, 0.15) is 77.7 Å². The van der Waals surface area contributed by atoms with E-state index in [-0.39, 0.29) is 17.0 Å². The molecule has 2 atom stereocenters. The van der Waals surface area contributed by atoms with Crippen LogP contribution in [0.15, 0.2) is 41.3 Å². The number of aliphatic carboxylic acids is 1. The number of halogens is 1. The summed E-state index contributed by atoms with van der Waals surface area (Å²) in [5.74, 6) is -2.19. The number of rotatable bonds is 12. The number of carbonyl (C=O) groups is 2. The summed E-state index contributed by atoms with van der Waals surface area (Å²) in [5, 5.41) is 12.7. The fourth-order valence-electron chi connectivity index (χ4n) is 5.84. The number of nitrogens with one attached hydrogen (secondary N) is 1. The number of pyridine rings is 1. The van der Waals surface area contributed by atoms with Crippen LogP contribution in [0.4, 0.5) is 4.39 Å². The van der Waals surface area contributed by atoms with Gasteiger partial charge in [-0.1, -0.05) is 31.5 Å². The van der Waals surface area contributed by atoms with Gasteiger partial charge in [-0.15, -0.1) is 0 Å². The van der Waals surface area contributed by atoms with Crippen LogP contribution in [0.3, 0.4) is 0 Å². The van der Waals surface area contributed by atoms with Gasteiger partial charge in [0.15, 0.2) is 0 Å². The van der Waals surface area contributed by atoms with Crippen molar-refractivity contribution in [2.24, 2.45) is 5.92 Å². The van der Waals surface area contributed by atoms with Gasteiger partial charge in [-0.05, 0) is 119 Å². The van der Waals surface area contributed by atoms with Crippen molar-refractivity contribution in [3.05, 3.63) is 91.6 Å². The van der Waals surface area contributed by atoms with Gasteiger partial charge in [-0.2, -0.15) is 0 Å². The molecule has 1 heterocycles. The highest BCUT2D eigenvalue weighted by Gasteiger charge is 2.29. The molecule has 0 fully saturated rings. The van der Waals surface area contributed by atoms with E-state index in [1.54, 1.807) is 32.2 Å². The fraction of sp³-hybridized carbons (Fsp3) is 0.457. The Morgan fingerprint density at radius 2 is 1.58 bits per heavy atom. The quantitative estimate of drug-likeness (QED) is 0.261. The van der Waals surface area contributed by atoms with Crippen molar-refractivity contribution in [1.29, 1.82) is 0 Å². The summed E-state index contributed by atoms with van der Waals surface area (Å²) in [7, 11) is 3.94. The summed E-state index contributed by atoms with van der Waals surface area (Å²) in [5.41, 5.74) is 6.50. The standard InChI is InChI=1S/C35H46FN3O4/c1-20(2)12-30(39-19-26(10-11-38(8)9)15-25(7)35(39)43)34(42)37-29(18-31(40)41)28-17-27(16-24(6)33(28)36)32-22(4)13-21(3)14-23(32)5/h13-17,19-20,29-30H,10-12,18H2,1-9H3,(H,37,42)(H,40,41)/t29-,30?/m0/s1. The number of benzene rings is 2. The van der Waals surface area contributed by atoms with Gasteiger partial charge in [0.25, 0.3) is 5.56 Å². The van der Waals surface area contributed by atoms with E-state index >= 15 is 4.39 Å². The molecule has 0 bridgehead atoms. The van der Waals surface area contributed by atoms with E-state index in [0.717, 1.165) is 39.9 Å². The molecule has 0 aliphatic heterocycles. The highest BCUT2D eigenvalue weighted by molar-refractivity contribution is 5.82. The lowest BCUT2D eigenvalue weighted by Gasteiger charge is -2.26. The molecule has 2 N–H and O–H groups in total. The Morgan fingerprint density at radius 1 is 0.953 bits per heavy atom. The first kappa shape index (κ1) is 33.7. The molecule has 0 aliphatic carbocycles. The average Bonchev–Trinajstić information content (AvgIpc) is 2.88. The molecule has 0 saturated carbocycles. The zero-order valence-electron chi connectivity index (χ0n) is 27.0. The number of carboxylic acid groups (broad SMARTS) is 1. The van der Waals surface area contributed by atoms with Gasteiger partial charge in [0.05, 0.1) is 12.5 Å². The Balaban J connectivity index is 2.11. The predicted octanol–water partition coefficient (Wildman–Crippen LogP) is 6.22. The highest BCUT2D eigenvalue weighted by atomic mass is 19.1. The second-order valence-electron chi connectivity index (χ2n) is 12.6. The Hall–Kier alpha value is -3.78. The zero-order chi connectivity index (χ0) is 32.2. The van der Waals surface area contributed by atoms with Crippen molar-refractivity contribution < 1.29 is 19.1 Å². The molecule has 0 radical (unpaired) electrons. The summed E-state index contributed by atoms with van der Waals surface area (Å²) in [6.45, 7) is 14.1. The van der Waals surface area contributed by atoms with Crippen LogP contribution in [-0.4, -0.2) is 47.1 Å². The SMILES string of the molecule is Cc1cc(C)c(-c2cc(C)c(F)c([C@H](CC(=O)O)NC(=O)C(CC(C)C)n3cc(CCN(C)C)cc(C)c3=O)c2)c(C)c1. The minimum Gasteiger partial charge on any atom is -0.481 e. The van der Waals surface area contributed by atoms with Gasteiger partial charge in [-0.25, -0.2) is 4.39 Å². The van der Waals surface area contributed by atoms with E-state index in [2.05, 4.69) is 17.4 Å². The molecule has 1 aromatic heterocycles. The number of hydrogen-bond acceptors (Lipinski definition) is 4. The number of hydrogen-bond donors (Lipinski definition) is 2. The van der Waals surface area contributed by atoms with Crippen LogP contribution in [0.25, 0.3) is 11.1 Å². The first-order valence-corrected chi connectivity index (χ1v) is 14.9. The Bertz CT molecular complexity index is 1530. The lowest BCUT2D eigenvalue weighted by atomic mass is 9.89. The van der Waals surface area contributed by atoms with Crippen molar-refractivity contribution in [2.45, 2.75) is 79.8 Å². The smallest absolute Gasteiger partial charge is 0.305 e. The number of carbonyl (C=O) groups excluding carboxylic acids is 1. The summed E-state index contributed by atoms with van der Waals surface area (Å²) < 4.78 is 17.2. The van der Waals surface area contributed by atoms with E-state index in [1.807, 2.05) is 59.7 Å². The monoisotopic (exact) mass is 591 g/mol. The fourth-order valence-corrected chi connectivity index (χ4v) is 5.84. The van der Waals surface area contributed by atoms with Crippen LogP contribution in [0, 0.1) is 46.4 Å². The van der Waals surface area contributed by atoms with Gasteiger partial charge in [0.2, 0.25) is 5.91 Å². The summed E-state index contributed by atoms with van der Waals surface area (Å²) >= 11 is 0. The molecule has 8 heteroatoms. The van der Waals surface area contributed by atoms with Crippen LogP contribution in [-0.2, 0) is 16.0 Å². The predicted molar refractivity (Wildman–Crippen MR) is 170 cm³/mol. The number of amides is 1. The summed E-state index contributed by atoms with van der Waals surface area (Å²) in [6, 6.07) is 7.33. The molecule has 3 aromatic rings. The first-order chi connectivity index (χ1) is 20.1. The lowest BCUT2D eigenvalue weighted by Crippen LogP contribution is -2.41. The van der Waals surface area contributed by atoms with E-state index in [0.29, 0.717) is 24.0 Å². The molecule has 2 aromatic carbocycles. The summed E-state index contributed by atoms with van der Waals surface area (Å²) in [4.78, 5) is 41.4. The Labute approximate surface area is 254 Å². The largest absolute Gasteiger partial charge is 0.481 e. The molecule has 43 heavy (non-hydrogen) atoms. The number of aromatic nitrogens is 1. The van der Waals surface area contributed by atoms with Gasteiger partial charge in [-0.3, -0.25) is 14.4 Å². The van der Waals surface area contributed by atoms with Crippen LogP contribution < -0.4 is 10.9 Å². The molecule has 0 saturated heterocycles. The van der Waals surface area contributed by atoms with Gasteiger partial charge >= 0.3 is 5.97 Å². The third kappa shape index (κ3) is 8.41. The lowest BCUT2D eigenvalue weighted by molar-refractivity contribution is -0.138. The average molecular weight is 592 g/mol. The van der Waals surface area contributed by atoms with Crippen molar-refractivity contribution in [2.75, 3.05) is 20.6 Å². The maximum absolute atomic E-state index is 15.8. The number of carboxylic acids is 1. The Morgan fingerprint density at radius 3 is 2.14 bits per heavy atom. The third-order valence-electron chi connectivity index (χ3n) is 7.78.